The monoisotopic (exact) mass is 1330 g/mol. The van der Waals surface area contributed by atoms with Crippen LogP contribution in [0.5, 0.6) is 0 Å². The Morgan fingerprint density at radius 1 is 0.826 bits per heavy atom. The number of nitrogens with zero attached hydrogens (tertiary/aromatic N) is 8. The van der Waals surface area contributed by atoms with E-state index in [4.69, 9.17) is 37.3 Å². The number of aliphatic carboxylic acids is 1. The van der Waals surface area contributed by atoms with E-state index >= 15 is 0 Å². The molecule has 1 aromatic heterocycles. The number of carbonyl (C=O) groups excluding carboxylic acids is 8. The Labute approximate surface area is 547 Å². The van der Waals surface area contributed by atoms with Crippen molar-refractivity contribution in [2.45, 2.75) is 122 Å². The molecule has 2 aliphatic rings. The van der Waals surface area contributed by atoms with Gasteiger partial charge in [0.05, 0.1) is 63.1 Å². The minimum absolute atomic E-state index is 0.00731. The molecule has 92 heavy (non-hydrogen) atoms. The van der Waals surface area contributed by atoms with Gasteiger partial charge in [-0.05, 0) is 69.6 Å². The number of benzene rings is 1. The fourth-order valence-electron chi connectivity index (χ4n) is 10.1. The number of piperazine rings is 1. The Balaban J connectivity index is 1.15. The fourth-order valence-corrected chi connectivity index (χ4v) is 11.1. The fraction of sp³-hybridized carbons (Fsp3) is 0.667. The van der Waals surface area contributed by atoms with Crippen molar-refractivity contribution in [3.63, 3.8) is 0 Å². The van der Waals surface area contributed by atoms with E-state index in [1.54, 1.807) is 37.9 Å². The summed E-state index contributed by atoms with van der Waals surface area (Å²) in [4.78, 5) is 140. The van der Waals surface area contributed by atoms with Crippen molar-refractivity contribution < 1.29 is 72.7 Å². The average molecular weight is 1340 g/mol. The number of nitrogens with two attached hydrogens (primary N) is 2. The number of nitrogens with one attached hydrogen (secondary N) is 5. The first-order valence-corrected chi connectivity index (χ1v) is 32.4. The number of halogens is 1. The first-order chi connectivity index (χ1) is 43.6. The molecule has 0 radical (unpaired) electrons. The predicted octanol–water partition coefficient (Wildman–Crippen LogP) is -1.24. The van der Waals surface area contributed by atoms with E-state index in [-0.39, 0.29) is 113 Å². The van der Waals surface area contributed by atoms with E-state index in [1.165, 1.54) is 27.2 Å². The van der Waals surface area contributed by atoms with Crippen LogP contribution >= 0.6 is 23.4 Å². The maximum absolute atomic E-state index is 14.5. The molecule has 1 aliphatic heterocycles. The smallest absolute Gasteiger partial charge is 0.326 e. The molecule has 1 saturated heterocycles. The van der Waals surface area contributed by atoms with Gasteiger partial charge < -0.3 is 87.2 Å². The molecule has 0 bridgehead atoms. The third kappa shape index (κ3) is 25.1. The van der Waals surface area contributed by atoms with Gasteiger partial charge in [-0.2, -0.15) is 0 Å². The summed E-state index contributed by atoms with van der Waals surface area (Å²) in [6.45, 7) is 15.5. The first-order valence-electron chi connectivity index (χ1n) is 30.9. The first kappa shape index (κ1) is 77.4. The summed E-state index contributed by atoms with van der Waals surface area (Å²) >= 11 is 7.32. The highest BCUT2D eigenvalue weighted by atomic mass is 35.5. The third-order valence-electron chi connectivity index (χ3n) is 15.7. The second-order valence-electron chi connectivity index (χ2n) is 23.3. The molecule has 1 aliphatic carbocycles. The van der Waals surface area contributed by atoms with Gasteiger partial charge in [0.15, 0.2) is 5.96 Å². The van der Waals surface area contributed by atoms with Crippen LogP contribution in [0.1, 0.15) is 102 Å². The molecule has 2 aromatic rings. The number of aliphatic hydroxyl groups is 2. The number of rotatable bonds is 40. The second-order valence-corrected chi connectivity index (χ2v) is 24.8. The highest BCUT2D eigenvalue weighted by Gasteiger charge is 2.38. The normalized spacial score (nSPS) is 16.6. The minimum Gasteiger partial charge on any atom is -0.480 e. The number of aliphatic hydroxyl groups excluding tert-OH is 2. The molecular formula is C60H96ClN15O15S. The van der Waals surface area contributed by atoms with Crippen LogP contribution in [-0.2, 0) is 57.4 Å². The predicted molar refractivity (Wildman–Crippen MR) is 345 cm³/mol. The SMILES string of the molecule is CC(=O)N[C@@H](CSCC(=O)NCCOCCOCCOCC(=O)N(C)CCN(C[C@@H](C(=O)N1CCN(c2ncnc3c2[C@H](C)C[C@H]3O)CC1)c1ccc(Cl)cc1)C(C)C)C(=O)N[C@@H](CCCN=C(N)N)C(=O)N[C@H](C(=O)N[C@@H](CO)C(=O)N(C)[C@@H](C)C(=O)O)C(C)C. The molecule has 1 aromatic carbocycles. The zero-order valence-electron chi connectivity index (χ0n) is 54.3. The topological polar surface area (TPSA) is 409 Å². The lowest BCUT2D eigenvalue weighted by atomic mass is 9.95. The van der Waals surface area contributed by atoms with E-state index < -0.39 is 90.3 Å². The van der Waals surface area contributed by atoms with Crippen LogP contribution in [-0.4, -0.2) is 271 Å². The number of aromatic nitrogens is 2. The van der Waals surface area contributed by atoms with Gasteiger partial charge in [-0.3, -0.25) is 48.2 Å². The van der Waals surface area contributed by atoms with Crippen LogP contribution in [0.2, 0.25) is 5.02 Å². The number of thioether (sulfide) groups is 1. The van der Waals surface area contributed by atoms with Crippen LogP contribution in [0.25, 0.3) is 0 Å². The number of fused-ring (bicyclic) bond motifs is 1. The van der Waals surface area contributed by atoms with E-state index in [0.29, 0.717) is 63.0 Å². The molecule has 32 heteroatoms. The Morgan fingerprint density at radius 3 is 2.07 bits per heavy atom. The van der Waals surface area contributed by atoms with Gasteiger partial charge in [0, 0.05) is 102 Å². The highest BCUT2D eigenvalue weighted by molar-refractivity contribution is 8.00. The Bertz CT molecular complexity index is 2780. The van der Waals surface area contributed by atoms with E-state index in [0.717, 1.165) is 33.6 Å². The maximum atomic E-state index is 14.5. The van der Waals surface area contributed by atoms with Crippen molar-refractivity contribution in [1.29, 1.82) is 0 Å². The molecule has 12 N–H and O–H groups in total. The van der Waals surface area contributed by atoms with Crippen molar-refractivity contribution in [3.05, 3.63) is 52.4 Å². The number of ether oxygens (including phenoxy) is 3. The summed E-state index contributed by atoms with van der Waals surface area (Å²) in [5.41, 5.74) is 13.4. The summed E-state index contributed by atoms with van der Waals surface area (Å²) in [5, 5.41) is 43.2. The number of hydrogen-bond acceptors (Lipinski definition) is 20. The van der Waals surface area contributed by atoms with Crippen molar-refractivity contribution in [3.8, 4) is 0 Å². The number of anilines is 1. The summed E-state index contributed by atoms with van der Waals surface area (Å²) < 4.78 is 16.8. The molecule has 0 saturated carbocycles. The molecule has 8 amide bonds. The Hall–Kier alpha value is -7.00. The molecule has 0 spiro atoms. The van der Waals surface area contributed by atoms with Gasteiger partial charge in [-0.1, -0.05) is 44.5 Å². The Morgan fingerprint density at radius 2 is 1.46 bits per heavy atom. The number of likely N-dealkylation sites (N-methyl/N-ethyl adjacent to an activating group) is 2. The lowest BCUT2D eigenvalue weighted by molar-refractivity contribution is -0.150. The Kier molecular flexibility index (Phi) is 33.3. The molecule has 2 heterocycles. The van der Waals surface area contributed by atoms with Crippen molar-refractivity contribution in [2.75, 3.05) is 136 Å². The van der Waals surface area contributed by atoms with Crippen LogP contribution in [0.15, 0.2) is 35.6 Å². The van der Waals surface area contributed by atoms with Gasteiger partial charge in [0.25, 0.3) is 0 Å². The molecule has 0 unspecified atom stereocenters. The molecule has 1 fully saturated rings. The largest absolute Gasteiger partial charge is 0.480 e. The molecule has 514 valence electrons. The van der Waals surface area contributed by atoms with Gasteiger partial charge in [0.2, 0.25) is 47.3 Å². The lowest BCUT2D eigenvalue weighted by Gasteiger charge is -2.39. The number of carboxylic acids is 1. The number of hydrogen-bond donors (Lipinski definition) is 10. The molecule has 30 nitrogen and oxygen atoms in total. The maximum Gasteiger partial charge on any atom is 0.326 e. The number of carbonyl (C=O) groups is 9. The van der Waals surface area contributed by atoms with E-state index in [9.17, 15) is 58.5 Å². The van der Waals surface area contributed by atoms with Crippen LogP contribution < -0.4 is 43.0 Å². The average Bonchev–Trinajstić information content (AvgIpc) is 1.66. The molecule has 4 rings (SSSR count). The van der Waals surface area contributed by atoms with Gasteiger partial charge >= 0.3 is 5.97 Å². The van der Waals surface area contributed by atoms with Gasteiger partial charge in [-0.25, -0.2) is 14.8 Å². The zero-order valence-corrected chi connectivity index (χ0v) is 55.8. The summed E-state index contributed by atoms with van der Waals surface area (Å²) in [5.74, 6) is -6.34. The van der Waals surface area contributed by atoms with Crippen molar-refractivity contribution in [1.82, 2.24) is 56.2 Å². The van der Waals surface area contributed by atoms with E-state index in [1.807, 2.05) is 17.0 Å². The standard InChI is InChI=1S/C60H96ClN15O15S/c1-36(2)51(56(84)70-45(31-77)58(86)73(9)39(6)59(87)88)71-54(82)44(11-10-16-65-60(62)63)69-55(83)46(68-40(7)78)33-92-34-48(80)64-17-24-89-25-26-90-27-28-91-32-49(81)72(8)18-19-76(37(3)4)30-43(41-12-14-42(61)15-13-41)57(85)75-22-20-74(21-23-75)53-50-38(5)29-47(79)52(50)66-35-67-53/h12-15,35-39,43-47,51,77,79H,10-11,16-34H2,1-9H3,(H,64,80)(H,68,78)(H,69,83)(H,70,84)(H,71,82)(H,87,88)(H4,62,63,65)/t38-,39+,43-,44+,45+,46+,47-,51+/m1/s1. The van der Waals surface area contributed by atoms with Crippen LogP contribution in [0.3, 0.4) is 0 Å². The minimum atomic E-state index is -1.54. The number of amides is 8. The third-order valence-corrected chi connectivity index (χ3v) is 17.0. The van der Waals surface area contributed by atoms with Gasteiger partial charge in [-0.15, -0.1) is 11.8 Å². The lowest BCUT2D eigenvalue weighted by Crippen LogP contribution is -2.60. The summed E-state index contributed by atoms with van der Waals surface area (Å²) in [6.07, 6.45) is 1.65. The van der Waals surface area contributed by atoms with E-state index in [2.05, 4.69) is 72.1 Å². The van der Waals surface area contributed by atoms with Crippen molar-refractivity contribution >= 4 is 88.4 Å². The molecular weight excluding hydrogens is 1240 g/mol. The zero-order chi connectivity index (χ0) is 68.2. The highest BCUT2D eigenvalue weighted by Crippen LogP contribution is 2.43. The number of guanidine groups is 1. The van der Waals surface area contributed by atoms with Gasteiger partial charge in [0.1, 0.15) is 49.0 Å². The van der Waals surface area contributed by atoms with Crippen molar-refractivity contribution in [2.24, 2.45) is 22.4 Å². The summed E-state index contributed by atoms with van der Waals surface area (Å²) in [6, 6.07) is 0.790. The second kappa shape index (κ2) is 39.5. The van der Waals surface area contributed by atoms with Crippen LogP contribution in [0.4, 0.5) is 5.82 Å². The number of carboxylic acid groups (broad SMARTS) is 1. The number of aliphatic imine (C=N–C) groups is 1. The quantitative estimate of drug-likeness (QED) is 0.0212. The molecule has 8 atom stereocenters. The summed E-state index contributed by atoms with van der Waals surface area (Å²) in [7, 11) is 2.91. The van der Waals surface area contributed by atoms with Crippen LogP contribution in [0, 0.1) is 5.92 Å².